The molecule has 0 bridgehead atoms. The predicted molar refractivity (Wildman–Crippen MR) is 74.6 cm³/mol. The third kappa shape index (κ3) is 3.31. The van der Waals surface area contributed by atoms with E-state index in [2.05, 4.69) is 47.6 Å². The molecule has 1 aromatic heterocycles. The summed E-state index contributed by atoms with van der Waals surface area (Å²) < 4.78 is 0. The summed E-state index contributed by atoms with van der Waals surface area (Å²) >= 11 is 1.38. The van der Waals surface area contributed by atoms with Crippen LogP contribution in [0.4, 0.5) is 5.13 Å². The lowest BCUT2D eigenvalue weighted by Gasteiger charge is -2.04. The summed E-state index contributed by atoms with van der Waals surface area (Å²) in [7, 11) is 0. The molecular weight excluding hydrogens is 242 g/mol. The van der Waals surface area contributed by atoms with Crippen LogP contribution in [0, 0.1) is 11.3 Å². The molecule has 2 rings (SSSR count). The molecule has 0 unspecified atom stereocenters. The smallest absolute Gasteiger partial charge is 0.184 e. The molecule has 0 fully saturated rings. The van der Waals surface area contributed by atoms with Crippen molar-refractivity contribution in [3.05, 3.63) is 46.5 Å². The lowest BCUT2D eigenvalue weighted by atomic mass is 10.1. The lowest BCUT2D eigenvalue weighted by molar-refractivity contribution is 0.920. The van der Waals surface area contributed by atoms with Crippen LogP contribution in [0.25, 0.3) is 0 Å². The highest BCUT2D eigenvalue weighted by Crippen LogP contribution is 2.17. The number of benzene rings is 1. The SMILES string of the molecule is CCCc1ccc(CNc2ncc(C#N)s2)cc1. The van der Waals surface area contributed by atoms with Crippen LogP contribution >= 0.6 is 11.3 Å². The number of hydrogen-bond acceptors (Lipinski definition) is 4. The van der Waals surface area contributed by atoms with Crippen molar-refractivity contribution in [2.24, 2.45) is 0 Å². The first-order chi connectivity index (χ1) is 8.81. The number of thiazole rings is 1. The fraction of sp³-hybridized carbons (Fsp3) is 0.286. The number of aryl methyl sites for hydroxylation is 1. The zero-order chi connectivity index (χ0) is 12.8. The van der Waals surface area contributed by atoms with Gasteiger partial charge >= 0.3 is 0 Å². The van der Waals surface area contributed by atoms with Crippen molar-refractivity contribution in [3.63, 3.8) is 0 Å². The van der Waals surface area contributed by atoms with Crippen LogP contribution in [-0.4, -0.2) is 4.98 Å². The molecule has 0 spiro atoms. The minimum absolute atomic E-state index is 0.635. The highest BCUT2D eigenvalue weighted by Gasteiger charge is 2.00. The van der Waals surface area contributed by atoms with E-state index in [4.69, 9.17) is 5.26 Å². The molecule has 1 aromatic carbocycles. The van der Waals surface area contributed by atoms with Crippen molar-refractivity contribution in [1.82, 2.24) is 4.98 Å². The third-order valence-corrected chi connectivity index (χ3v) is 3.48. The largest absolute Gasteiger partial charge is 0.357 e. The zero-order valence-electron chi connectivity index (χ0n) is 10.3. The molecule has 0 radical (unpaired) electrons. The van der Waals surface area contributed by atoms with Crippen LogP contribution in [-0.2, 0) is 13.0 Å². The summed E-state index contributed by atoms with van der Waals surface area (Å²) in [6, 6.07) is 10.7. The number of hydrogen-bond donors (Lipinski definition) is 1. The maximum absolute atomic E-state index is 8.71. The number of rotatable bonds is 5. The molecule has 0 aliphatic heterocycles. The van der Waals surface area contributed by atoms with Crippen molar-refractivity contribution in [1.29, 1.82) is 5.26 Å². The molecule has 0 aliphatic carbocycles. The molecule has 18 heavy (non-hydrogen) atoms. The Balaban J connectivity index is 1.91. The lowest BCUT2D eigenvalue weighted by Crippen LogP contribution is -1.98. The fourth-order valence-corrected chi connectivity index (χ4v) is 2.31. The average Bonchev–Trinajstić information content (AvgIpc) is 2.86. The molecule has 0 amide bonds. The Labute approximate surface area is 111 Å². The summed E-state index contributed by atoms with van der Waals surface area (Å²) in [5.74, 6) is 0. The fourth-order valence-electron chi connectivity index (χ4n) is 1.70. The van der Waals surface area contributed by atoms with Gasteiger partial charge in [0.15, 0.2) is 5.13 Å². The van der Waals surface area contributed by atoms with Gasteiger partial charge < -0.3 is 5.32 Å². The van der Waals surface area contributed by atoms with Crippen LogP contribution in [0.3, 0.4) is 0 Å². The molecule has 2 aromatic rings. The van der Waals surface area contributed by atoms with E-state index in [0.717, 1.165) is 18.1 Å². The van der Waals surface area contributed by atoms with Gasteiger partial charge in [0.05, 0.1) is 6.20 Å². The van der Waals surface area contributed by atoms with Crippen molar-refractivity contribution in [2.75, 3.05) is 5.32 Å². The molecule has 0 atom stereocenters. The first-order valence-corrected chi connectivity index (χ1v) is 6.81. The molecule has 4 heteroatoms. The van der Waals surface area contributed by atoms with Gasteiger partial charge in [0.25, 0.3) is 0 Å². The number of aromatic nitrogens is 1. The van der Waals surface area contributed by atoms with Gasteiger partial charge in [-0.2, -0.15) is 5.26 Å². The summed E-state index contributed by atoms with van der Waals surface area (Å²) in [4.78, 5) is 4.77. The van der Waals surface area contributed by atoms with Gasteiger partial charge in [-0.05, 0) is 17.5 Å². The van der Waals surface area contributed by atoms with E-state index in [0.29, 0.717) is 4.88 Å². The van der Waals surface area contributed by atoms with Gasteiger partial charge in [0, 0.05) is 6.54 Å². The van der Waals surface area contributed by atoms with Crippen molar-refractivity contribution in [3.8, 4) is 6.07 Å². The van der Waals surface area contributed by atoms with E-state index < -0.39 is 0 Å². The number of nitrogens with zero attached hydrogens (tertiary/aromatic N) is 2. The van der Waals surface area contributed by atoms with Gasteiger partial charge in [0.2, 0.25) is 0 Å². The minimum atomic E-state index is 0.635. The Hall–Kier alpha value is -1.86. The summed E-state index contributed by atoms with van der Waals surface area (Å²) in [6.45, 7) is 2.93. The van der Waals surface area contributed by atoms with Gasteiger partial charge in [0.1, 0.15) is 10.9 Å². The van der Waals surface area contributed by atoms with Gasteiger partial charge in [-0.1, -0.05) is 48.9 Å². The van der Waals surface area contributed by atoms with Crippen molar-refractivity contribution >= 4 is 16.5 Å². The molecule has 0 saturated carbocycles. The summed E-state index contributed by atoms with van der Waals surface area (Å²) in [5.41, 5.74) is 2.60. The van der Waals surface area contributed by atoms with Crippen LogP contribution in [0.5, 0.6) is 0 Å². The summed E-state index contributed by atoms with van der Waals surface area (Å²) in [5, 5.41) is 12.7. The second-order valence-electron chi connectivity index (χ2n) is 4.06. The highest BCUT2D eigenvalue weighted by molar-refractivity contribution is 7.16. The zero-order valence-corrected chi connectivity index (χ0v) is 11.1. The van der Waals surface area contributed by atoms with E-state index >= 15 is 0 Å². The van der Waals surface area contributed by atoms with E-state index in [9.17, 15) is 0 Å². The standard InChI is InChI=1S/C14H15N3S/c1-2-3-11-4-6-12(7-5-11)9-16-14-17-10-13(8-15)18-14/h4-7,10H,2-3,9H2,1H3,(H,16,17). The van der Waals surface area contributed by atoms with E-state index in [1.807, 2.05) is 0 Å². The molecule has 0 saturated heterocycles. The van der Waals surface area contributed by atoms with E-state index in [1.165, 1.54) is 28.9 Å². The molecular formula is C14H15N3S. The van der Waals surface area contributed by atoms with Gasteiger partial charge in [-0.3, -0.25) is 0 Å². The van der Waals surface area contributed by atoms with Crippen molar-refractivity contribution in [2.45, 2.75) is 26.3 Å². The predicted octanol–water partition coefficient (Wildman–Crippen LogP) is 3.58. The number of anilines is 1. The maximum Gasteiger partial charge on any atom is 0.184 e. The monoisotopic (exact) mass is 257 g/mol. The van der Waals surface area contributed by atoms with Gasteiger partial charge in [-0.25, -0.2) is 4.98 Å². The Morgan fingerprint density at radius 2 is 2.00 bits per heavy atom. The van der Waals surface area contributed by atoms with Crippen LogP contribution in [0.2, 0.25) is 0 Å². The average molecular weight is 257 g/mol. The van der Waals surface area contributed by atoms with Crippen LogP contribution in [0.15, 0.2) is 30.5 Å². The highest BCUT2D eigenvalue weighted by atomic mass is 32.1. The van der Waals surface area contributed by atoms with E-state index in [1.54, 1.807) is 6.20 Å². The second-order valence-corrected chi connectivity index (χ2v) is 5.09. The molecule has 1 N–H and O–H groups in total. The Morgan fingerprint density at radius 3 is 2.61 bits per heavy atom. The molecule has 3 nitrogen and oxygen atoms in total. The quantitative estimate of drug-likeness (QED) is 0.890. The molecule has 0 aliphatic rings. The number of nitrogens with one attached hydrogen (secondary N) is 1. The Morgan fingerprint density at radius 1 is 1.28 bits per heavy atom. The minimum Gasteiger partial charge on any atom is -0.357 e. The summed E-state index contributed by atoms with van der Waals surface area (Å²) in [6.07, 6.45) is 3.90. The Kier molecular flexibility index (Phi) is 4.32. The van der Waals surface area contributed by atoms with E-state index in [-0.39, 0.29) is 0 Å². The van der Waals surface area contributed by atoms with Crippen molar-refractivity contribution < 1.29 is 0 Å². The maximum atomic E-state index is 8.71. The number of nitriles is 1. The van der Waals surface area contributed by atoms with Gasteiger partial charge in [-0.15, -0.1) is 0 Å². The molecule has 1 heterocycles. The first-order valence-electron chi connectivity index (χ1n) is 5.99. The van der Waals surface area contributed by atoms with Crippen LogP contribution < -0.4 is 5.32 Å². The van der Waals surface area contributed by atoms with Crippen LogP contribution in [0.1, 0.15) is 29.3 Å². The first kappa shape index (κ1) is 12.6. The molecule has 92 valence electrons. The third-order valence-electron chi connectivity index (χ3n) is 2.62. The Bertz CT molecular complexity index is 537. The topological polar surface area (TPSA) is 48.7 Å². The second kappa shape index (κ2) is 6.18. The normalized spacial score (nSPS) is 10.0.